The average molecular weight is 203 g/mol. The van der Waals surface area contributed by atoms with Crippen LogP contribution in [-0.4, -0.2) is 64.6 Å². The summed E-state index contributed by atoms with van der Waals surface area (Å²) >= 11 is 0. The van der Waals surface area contributed by atoms with Crippen LogP contribution in [0.25, 0.3) is 0 Å². The normalized spacial score (nSPS) is 18.6. The number of nitrogens with one attached hydrogen (secondary N) is 2. The highest BCUT2D eigenvalue weighted by molar-refractivity contribution is 4.62. The molecular weight excluding hydrogens is 182 g/mol. The molecule has 2 N–H and O–H groups in total. The number of rotatable bonds is 7. The van der Waals surface area contributed by atoms with E-state index in [-0.39, 0.29) is 0 Å². The van der Waals surface area contributed by atoms with Crippen molar-refractivity contribution in [3.05, 3.63) is 0 Å². The van der Waals surface area contributed by atoms with E-state index in [0.29, 0.717) is 0 Å². The Hall–Kier alpha value is -0.200. The molecule has 0 amide bonds. The van der Waals surface area contributed by atoms with E-state index < -0.39 is 0 Å². The monoisotopic (exact) mass is 203 g/mol. The van der Waals surface area contributed by atoms with Crippen molar-refractivity contribution in [3.63, 3.8) is 0 Å². The lowest BCUT2D eigenvalue weighted by Crippen LogP contribution is -2.43. The van der Waals surface area contributed by atoms with Gasteiger partial charge in [0.2, 0.25) is 0 Å². The molecule has 0 atom stereocenters. The van der Waals surface area contributed by atoms with Gasteiger partial charge in [0.25, 0.3) is 0 Å². The zero-order valence-corrected chi connectivity index (χ0v) is 8.92. The lowest BCUT2D eigenvalue weighted by atomic mass is 10.4. The molecule has 14 heavy (non-hydrogen) atoms. The van der Waals surface area contributed by atoms with Crippen molar-refractivity contribution >= 4 is 0 Å². The Morgan fingerprint density at radius 1 is 1.21 bits per heavy atom. The molecule has 1 aliphatic rings. The van der Waals surface area contributed by atoms with Gasteiger partial charge in [0.15, 0.2) is 0 Å². The number of morpholine rings is 1. The number of nitrogens with zero attached hydrogens (tertiary/aromatic N) is 1. The molecule has 0 aliphatic carbocycles. The minimum absolute atomic E-state index is 0.741. The Labute approximate surface area is 85.7 Å². The molecule has 5 nitrogen and oxygen atoms in total. The molecule has 1 heterocycles. The van der Waals surface area contributed by atoms with Gasteiger partial charge in [-0.3, -0.25) is 15.8 Å². The van der Waals surface area contributed by atoms with Crippen molar-refractivity contribution in [1.29, 1.82) is 0 Å². The quantitative estimate of drug-likeness (QED) is 0.413. The molecule has 0 aromatic carbocycles. The molecule has 0 aromatic heterocycles. The molecule has 0 bridgehead atoms. The second-order valence-corrected chi connectivity index (χ2v) is 3.30. The second kappa shape index (κ2) is 8.14. The molecule has 1 fully saturated rings. The van der Waals surface area contributed by atoms with E-state index in [2.05, 4.69) is 15.8 Å². The van der Waals surface area contributed by atoms with Crippen LogP contribution < -0.4 is 10.9 Å². The Bertz CT molecular complexity index is 129. The summed E-state index contributed by atoms with van der Waals surface area (Å²) in [5.41, 5.74) is 6.25. The van der Waals surface area contributed by atoms with E-state index in [4.69, 9.17) is 9.47 Å². The van der Waals surface area contributed by atoms with Crippen molar-refractivity contribution in [2.24, 2.45) is 0 Å². The first-order valence-electron chi connectivity index (χ1n) is 5.18. The maximum absolute atomic E-state index is 5.26. The SMILES string of the molecule is COCCNNCCN1CCOCC1. The first-order chi connectivity index (χ1) is 6.93. The smallest absolute Gasteiger partial charge is 0.0601 e. The van der Waals surface area contributed by atoms with E-state index in [0.717, 1.165) is 52.5 Å². The maximum atomic E-state index is 5.26. The molecule has 0 saturated carbocycles. The van der Waals surface area contributed by atoms with Crippen molar-refractivity contribution in [2.45, 2.75) is 0 Å². The highest BCUT2D eigenvalue weighted by Gasteiger charge is 2.08. The number of hydrogen-bond donors (Lipinski definition) is 2. The number of hydrazine groups is 1. The molecule has 1 saturated heterocycles. The van der Waals surface area contributed by atoms with E-state index in [1.807, 2.05) is 0 Å². The third-order valence-electron chi connectivity index (χ3n) is 2.21. The minimum atomic E-state index is 0.741. The van der Waals surface area contributed by atoms with Crippen molar-refractivity contribution in [2.75, 3.05) is 59.7 Å². The van der Waals surface area contributed by atoms with Crippen LogP contribution in [-0.2, 0) is 9.47 Å². The lowest BCUT2D eigenvalue weighted by molar-refractivity contribution is 0.0380. The summed E-state index contributed by atoms with van der Waals surface area (Å²) in [6, 6.07) is 0. The molecule has 1 rings (SSSR count). The lowest BCUT2D eigenvalue weighted by Gasteiger charge is -2.26. The van der Waals surface area contributed by atoms with E-state index in [1.165, 1.54) is 0 Å². The Balaban J connectivity index is 1.82. The van der Waals surface area contributed by atoms with Gasteiger partial charge in [-0.15, -0.1) is 0 Å². The molecule has 5 heteroatoms. The van der Waals surface area contributed by atoms with Gasteiger partial charge in [0.05, 0.1) is 19.8 Å². The van der Waals surface area contributed by atoms with Gasteiger partial charge < -0.3 is 9.47 Å². The largest absolute Gasteiger partial charge is 0.383 e. The van der Waals surface area contributed by atoms with Gasteiger partial charge >= 0.3 is 0 Å². The Kier molecular flexibility index (Phi) is 6.90. The summed E-state index contributed by atoms with van der Waals surface area (Å²) in [6.45, 7) is 7.48. The molecule has 1 aliphatic heterocycles. The van der Waals surface area contributed by atoms with E-state index >= 15 is 0 Å². The van der Waals surface area contributed by atoms with Crippen LogP contribution in [0.3, 0.4) is 0 Å². The molecule has 0 aromatic rings. The van der Waals surface area contributed by atoms with Gasteiger partial charge in [0.1, 0.15) is 0 Å². The van der Waals surface area contributed by atoms with E-state index in [1.54, 1.807) is 7.11 Å². The summed E-state index contributed by atoms with van der Waals surface area (Å²) < 4.78 is 10.2. The highest BCUT2D eigenvalue weighted by atomic mass is 16.5. The highest BCUT2D eigenvalue weighted by Crippen LogP contribution is 1.94. The van der Waals surface area contributed by atoms with Gasteiger partial charge in [-0.25, -0.2) is 0 Å². The van der Waals surface area contributed by atoms with Crippen LogP contribution in [0.4, 0.5) is 0 Å². The fraction of sp³-hybridized carbons (Fsp3) is 1.00. The number of hydrogen-bond acceptors (Lipinski definition) is 5. The predicted molar refractivity (Wildman–Crippen MR) is 55.1 cm³/mol. The number of methoxy groups -OCH3 is 1. The van der Waals surface area contributed by atoms with Crippen LogP contribution in [0.15, 0.2) is 0 Å². The summed E-state index contributed by atoms with van der Waals surface area (Å²) in [5, 5.41) is 0. The van der Waals surface area contributed by atoms with Crippen molar-refractivity contribution in [1.82, 2.24) is 15.8 Å². The average Bonchev–Trinajstić information content (AvgIpc) is 2.25. The summed E-state index contributed by atoms with van der Waals surface area (Å²) in [4.78, 5) is 2.40. The fourth-order valence-corrected chi connectivity index (χ4v) is 1.37. The van der Waals surface area contributed by atoms with Gasteiger partial charge in [-0.05, 0) is 0 Å². The fourth-order valence-electron chi connectivity index (χ4n) is 1.37. The van der Waals surface area contributed by atoms with Gasteiger partial charge in [-0.1, -0.05) is 0 Å². The number of ether oxygens (including phenoxy) is 2. The predicted octanol–water partition coefficient (Wildman–Crippen LogP) is -0.941. The topological polar surface area (TPSA) is 45.8 Å². The summed E-state index contributed by atoms with van der Waals surface area (Å²) in [5.74, 6) is 0. The Morgan fingerprint density at radius 2 is 1.93 bits per heavy atom. The minimum Gasteiger partial charge on any atom is -0.383 e. The standard InChI is InChI=1S/C9H21N3O2/c1-13-7-3-11-10-2-4-12-5-8-14-9-6-12/h10-11H,2-9H2,1H3. The van der Waals surface area contributed by atoms with Crippen LogP contribution in [0, 0.1) is 0 Å². The van der Waals surface area contributed by atoms with E-state index in [9.17, 15) is 0 Å². The molecule has 0 unspecified atom stereocenters. The van der Waals surface area contributed by atoms with Crippen LogP contribution in [0.2, 0.25) is 0 Å². The third kappa shape index (κ3) is 5.51. The van der Waals surface area contributed by atoms with Crippen LogP contribution >= 0.6 is 0 Å². The van der Waals surface area contributed by atoms with Crippen LogP contribution in [0.1, 0.15) is 0 Å². The third-order valence-corrected chi connectivity index (χ3v) is 2.21. The summed E-state index contributed by atoms with van der Waals surface area (Å²) in [7, 11) is 1.70. The Morgan fingerprint density at radius 3 is 2.64 bits per heavy atom. The van der Waals surface area contributed by atoms with Gasteiger partial charge in [0, 0.05) is 39.8 Å². The molecule has 0 radical (unpaired) electrons. The summed E-state index contributed by atoms with van der Waals surface area (Å²) in [6.07, 6.45) is 0. The molecular formula is C9H21N3O2. The zero-order chi connectivity index (χ0) is 10.1. The first-order valence-corrected chi connectivity index (χ1v) is 5.18. The van der Waals surface area contributed by atoms with Crippen molar-refractivity contribution < 1.29 is 9.47 Å². The maximum Gasteiger partial charge on any atom is 0.0601 e. The zero-order valence-electron chi connectivity index (χ0n) is 8.92. The van der Waals surface area contributed by atoms with Crippen LogP contribution in [0.5, 0.6) is 0 Å². The van der Waals surface area contributed by atoms with Crippen molar-refractivity contribution in [3.8, 4) is 0 Å². The molecule has 84 valence electrons. The second-order valence-electron chi connectivity index (χ2n) is 3.30. The molecule has 0 spiro atoms. The first kappa shape index (κ1) is 11.9. The van der Waals surface area contributed by atoms with Gasteiger partial charge in [-0.2, -0.15) is 0 Å².